The number of benzene rings is 1. The molecule has 0 atom stereocenters. The lowest BCUT2D eigenvalue weighted by Gasteiger charge is -2.21. The van der Waals surface area contributed by atoms with Crippen LogP contribution in [0.3, 0.4) is 0 Å². The van der Waals surface area contributed by atoms with Crippen LogP contribution in [0.1, 0.15) is 34.5 Å². The van der Waals surface area contributed by atoms with Gasteiger partial charge in [-0.1, -0.05) is 42.5 Å². The van der Waals surface area contributed by atoms with Crippen LogP contribution < -0.4 is 0 Å². The molecular weight excluding hydrogens is 272 g/mol. The predicted molar refractivity (Wildman–Crippen MR) is 89.7 cm³/mol. The van der Waals surface area contributed by atoms with Crippen LogP contribution in [0.2, 0.25) is 0 Å². The summed E-state index contributed by atoms with van der Waals surface area (Å²) in [4.78, 5) is 14.8. The Bertz CT molecular complexity index is 681. The van der Waals surface area contributed by atoms with E-state index in [4.69, 9.17) is 0 Å². The Morgan fingerprint density at radius 2 is 2.00 bits per heavy atom. The lowest BCUT2D eigenvalue weighted by Crippen LogP contribution is -2.33. The first-order chi connectivity index (χ1) is 10.7. The van der Waals surface area contributed by atoms with Crippen molar-refractivity contribution in [3.8, 4) is 0 Å². The van der Waals surface area contributed by atoms with Gasteiger partial charge in [-0.15, -0.1) is 0 Å². The first-order valence-corrected chi connectivity index (χ1v) is 7.81. The topological polar surface area (TPSA) is 25.2 Å². The molecule has 1 aliphatic rings. The van der Waals surface area contributed by atoms with E-state index in [1.165, 1.54) is 5.56 Å². The molecule has 3 nitrogen and oxygen atoms in total. The Balaban J connectivity index is 1.72. The quantitative estimate of drug-likeness (QED) is 0.826. The molecule has 1 saturated carbocycles. The van der Waals surface area contributed by atoms with E-state index in [0.29, 0.717) is 12.6 Å². The molecule has 1 aromatic carbocycles. The summed E-state index contributed by atoms with van der Waals surface area (Å²) in [6.07, 6.45) is 8.37. The number of hydrogen-bond donors (Lipinski definition) is 0. The Morgan fingerprint density at radius 1 is 1.27 bits per heavy atom. The van der Waals surface area contributed by atoms with Crippen molar-refractivity contribution in [2.24, 2.45) is 7.05 Å². The summed E-state index contributed by atoms with van der Waals surface area (Å²) in [7, 11) is 1.98. The van der Waals surface area contributed by atoms with Gasteiger partial charge in [0.2, 0.25) is 0 Å². The van der Waals surface area contributed by atoms with Crippen molar-refractivity contribution in [1.82, 2.24) is 9.47 Å². The van der Waals surface area contributed by atoms with Crippen molar-refractivity contribution in [3.05, 3.63) is 65.5 Å². The van der Waals surface area contributed by atoms with Gasteiger partial charge in [0.15, 0.2) is 0 Å². The van der Waals surface area contributed by atoms with E-state index in [2.05, 4.69) is 24.3 Å². The van der Waals surface area contributed by atoms with Crippen LogP contribution in [0.15, 0.2) is 48.7 Å². The highest BCUT2D eigenvalue weighted by molar-refractivity contribution is 5.96. The lowest BCUT2D eigenvalue weighted by molar-refractivity contribution is 0.0762. The first-order valence-electron chi connectivity index (χ1n) is 7.81. The fraction of sp³-hybridized carbons (Fsp3) is 0.316. The molecule has 0 N–H and O–H groups in total. The molecule has 1 fully saturated rings. The first kappa shape index (κ1) is 14.6. The number of hydrogen-bond acceptors (Lipinski definition) is 1. The Morgan fingerprint density at radius 3 is 2.59 bits per heavy atom. The Kier molecular flexibility index (Phi) is 4.14. The molecule has 0 spiro atoms. The highest BCUT2D eigenvalue weighted by atomic mass is 16.2. The molecular formula is C19H22N2O. The van der Waals surface area contributed by atoms with E-state index in [-0.39, 0.29) is 5.91 Å². The van der Waals surface area contributed by atoms with E-state index in [1.807, 2.05) is 53.9 Å². The monoisotopic (exact) mass is 294 g/mol. The summed E-state index contributed by atoms with van der Waals surface area (Å²) in [6.45, 7) is 2.67. The van der Waals surface area contributed by atoms with Gasteiger partial charge in [0.25, 0.3) is 5.91 Å². The molecule has 0 bridgehead atoms. The summed E-state index contributed by atoms with van der Waals surface area (Å²) in [5, 5.41) is 0. The molecule has 0 saturated heterocycles. The fourth-order valence-corrected chi connectivity index (χ4v) is 2.64. The Hall–Kier alpha value is -2.29. The minimum absolute atomic E-state index is 0.151. The second-order valence-corrected chi connectivity index (χ2v) is 5.93. The maximum absolute atomic E-state index is 12.8. The van der Waals surface area contributed by atoms with Crippen LogP contribution in [0.5, 0.6) is 0 Å². The third kappa shape index (κ3) is 3.14. The third-order valence-corrected chi connectivity index (χ3v) is 4.27. The summed E-state index contributed by atoms with van der Waals surface area (Å²) in [5.74, 6) is 0.151. The van der Waals surface area contributed by atoms with Crippen molar-refractivity contribution in [1.29, 1.82) is 0 Å². The molecule has 0 aliphatic heterocycles. The lowest BCUT2D eigenvalue weighted by atomic mass is 10.2. The van der Waals surface area contributed by atoms with Crippen LogP contribution >= 0.6 is 0 Å². The summed E-state index contributed by atoms with van der Waals surface area (Å²) in [5.41, 5.74) is 3.02. The van der Waals surface area contributed by atoms with E-state index < -0.39 is 0 Å². The maximum Gasteiger partial charge on any atom is 0.256 e. The van der Waals surface area contributed by atoms with Crippen LogP contribution in [-0.4, -0.2) is 28.0 Å². The average molecular weight is 294 g/mol. The molecule has 0 unspecified atom stereocenters. The standard InChI is InChI=1S/C19H22N2O/c1-15-18(12-14-20(15)2)19(22)21(17-10-11-17)13-6-9-16-7-4-3-5-8-16/h3-9,12,14,17H,10-11,13H2,1-2H3/b9-6+. The van der Waals surface area contributed by atoms with E-state index in [9.17, 15) is 4.79 Å². The predicted octanol–water partition coefficient (Wildman–Crippen LogP) is 3.65. The van der Waals surface area contributed by atoms with Crippen LogP contribution in [0, 0.1) is 6.92 Å². The molecule has 22 heavy (non-hydrogen) atoms. The van der Waals surface area contributed by atoms with Gasteiger partial charge in [-0.3, -0.25) is 4.79 Å². The van der Waals surface area contributed by atoms with Gasteiger partial charge in [0, 0.05) is 31.5 Å². The Labute approximate surface area is 131 Å². The van der Waals surface area contributed by atoms with Gasteiger partial charge in [-0.05, 0) is 31.4 Å². The molecule has 2 aromatic rings. The number of carbonyl (C=O) groups is 1. The average Bonchev–Trinajstić information content (AvgIpc) is 3.31. The SMILES string of the molecule is Cc1c(C(=O)N(C/C=C/c2ccccc2)C2CC2)ccn1C. The van der Waals surface area contributed by atoms with Gasteiger partial charge in [-0.25, -0.2) is 0 Å². The molecule has 1 aromatic heterocycles. The van der Waals surface area contributed by atoms with E-state index >= 15 is 0 Å². The summed E-state index contributed by atoms with van der Waals surface area (Å²) in [6, 6.07) is 12.5. The number of nitrogens with zero attached hydrogens (tertiary/aromatic N) is 2. The molecule has 1 amide bonds. The molecule has 0 radical (unpaired) electrons. The van der Waals surface area contributed by atoms with E-state index in [0.717, 1.165) is 24.1 Å². The smallest absolute Gasteiger partial charge is 0.256 e. The van der Waals surface area contributed by atoms with Crippen molar-refractivity contribution in [2.45, 2.75) is 25.8 Å². The number of aromatic nitrogens is 1. The van der Waals surface area contributed by atoms with E-state index in [1.54, 1.807) is 0 Å². The number of aryl methyl sites for hydroxylation is 1. The van der Waals surface area contributed by atoms with Crippen LogP contribution in [0.25, 0.3) is 6.08 Å². The van der Waals surface area contributed by atoms with Crippen molar-refractivity contribution in [2.75, 3.05) is 6.54 Å². The minimum Gasteiger partial charge on any atom is -0.354 e. The third-order valence-electron chi connectivity index (χ3n) is 4.27. The van der Waals surface area contributed by atoms with Gasteiger partial charge >= 0.3 is 0 Å². The van der Waals surface area contributed by atoms with Crippen LogP contribution in [0.4, 0.5) is 0 Å². The van der Waals surface area contributed by atoms with Gasteiger partial charge < -0.3 is 9.47 Å². The minimum atomic E-state index is 0.151. The molecule has 114 valence electrons. The molecule has 1 heterocycles. The fourth-order valence-electron chi connectivity index (χ4n) is 2.64. The second-order valence-electron chi connectivity index (χ2n) is 5.93. The number of carbonyl (C=O) groups excluding carboxylic acids is 1. The van der Waals surface area contributed by atoms with Gasteiger partial charge in [-0.2, -0.15) is 0 Å². The zero-order chi connectivity index (χ0) is 15.5. The summed E-state index contributed by atoms with van der Waals surface area (Å²) >= 11 is 0. The highest BCUT2D eigenvalue weighted by Crippen LogP contribution is 2.29. The van der Waals surface area contributed by atoms with Crippen molar-refractivity contribution in [3.63, 3.8) is 0 Å². The molecule has 3 heteroatoms. The van der Waals surface area contributed by atoms with Crippen molar-refractivity contribution < 1.29 is 4.79 Å². The van der Waals surface area contributed by atoms with Crippen LogP contribution in [-0.2, 0) is 7.05 Å². The number of rotatable bonds is 5. The second kappa shape index (κ2) is 6.22. The largest absolute Gasteiger partial charge is 0.354 e. The normalized spacial score (nSPS) is 14.5. The van der Waals surface area contributed by atoms with Gasteiger partial charge in [0.1, 0.15) is 0 Å². The zero-order valence-corrected chi connectivity index (χ0v) is 13.2. The maximum atomic E-state index is 12.8. The highest BCUT2D eigenvalue weighted by Gasteiger charge is 2.33. The molecule has 3 rings (SSSR count). The number of amides is 1. The van der Waals surface area contributed by atoms with Gasteiger partial charge in [0.05, 0.1) is 5.56 Å². The van der Waals surface area contributed by atoms with Crippen molar-refractivity contribution >= 4 is 12.0 Å². The zero-order valence-electron chi connectivity index (χ0n) is 13.2. The summed E-state index contributed by atoms with van der Waals surface area (Å²) < 4.78 is 2.00. The molecule has 1 aliphatic carbocycles.